The zero-order chi connectivity index (χ0) is 13.7. The monoisotopic (exact) mass is 257 g/mol. The molecular formula is C16H23N3. The van der Waals surface area contributed by atoms with Gasteiger partial charge in [-0.2, -0.15) is 5.10 Å². The minimum Gasteiger partial charge on any atom is -0.313 e. The van der Waals surface area contributed by atoms with Crippen molar-refractivity contribution in [2.45, 2.75) is 33.2 Å². The molecule has 0 fully saturated rings. The summed E-state index contributed by atoms with van der Waals surface area (Å²) in [5, 5.41) is 7.94. The van der Waals surface area contributed by atoms with Crippen LogP contribution in [0.3, 0.4) is 0 Å². The van der Waals surface area contributed by atoms with Crippen molar-refractivity contribution in [1.82, 2.24) is 15.1 Å². The van der Waals surface area contributed by atoms with Crippen LogP contribution in [0.2, 0.25) is 0 Å². The third kappa shape index (κ3) is 3.44. The van der Waals surface area contributed by atoms with Gasteiger partial charge in [0, 0.05) is 25.4 Å². The van der Waals surface area contributed by atoms with E-state index in [1.807, 2.05) is 11.7 Å². The highest BCUT2D eigenvalue weighted by Crippen LogP contribution is 2.24. The largest absolute Gasteiger partial charge is 0.313 e. The molecule has 0 unspecified atom stereocenters. The molecule has 0 aliphatic heterocycles. The van der Waals surface area contributed by atoms with E-state index < -0.39 is 0 Å². The number of nitrogens with zero attached hydrogens (tertiary/aromatic N) is 2. The van der Waals surface area contributed by atoms with E-state index in [0.29, 0.717) is 0 Å². The van der Waals surface area contributed by atoms with Gasteiger partial charge < -0.3 is 5.32 Å². The van der Waals surface area contributed by atoms with E-state index in [9.17, 15) is 0 Å². The molecule has 0 amide bonds. The van der Waals surface area contributed by atoms with Gasteiger partial charge in [0.2, 0.25) is 0 Å². The summed E-state index contributed by atoms with van der Waals surface area (Å²) in [6, 6.07) is 8.73. The number of nitrogens with one attached hydrogen (secondary N) is 1. The van der Waals surface area contributed by atoms with Gasteiger partial charge in [0.1, 0.15) is 0 Å². The Bertz CT molecular complexity index is 529. The van der Waals surface area contributed by atoms with Gasteiger partial charge in [0.05, 0.1) is 5.69 Å². The van der Waals surface area contributed by atoms with E-state index in [1.54, 1.807) is 0 Å². The molecule has 0 saturated heterocycles. The van der Waals surface area contributed by atoms with Crippen molar-refractivity contribution >= 4 is 0 Å². The van der Waals surface area contributed by atoms with E-state index in [4.69, 9.17) is 0 Å². The van der Waals surface area contributed by atoms with Crippen molar-refractivity contribution in [2.24, 2.45) is 7.05 Å². The first kappa shape index (κ1) is 13.8. The Balaban J connectivity index is 2.30. The molecule has 3 nitrogen and oxygen atoms in total. The molecule has 0 spiro atoms. The van der Waals surface area contributed by atoms with Gasteiger partial charge in [0.15, 0.2) is 0 Å². The van der Waals surface area contributed by atoms with E-state index in [-0.39, 0.29) is 0 Å². The Labute approximate surface area is 115 Å². The number of hydrogen-bond acceptors (Lipinski definition) is 2. The van der Waals surface area contributed by atoms with E-state index in [2.05, 4.69) is 54.7 Å². The van der Waals surface area contributed by atoms with Crippen molar-refractivity contribution in [1.29, 1.82) is 0 Å². The van der Waals surface area contributed by atoms with Gasteiger partial charge in [-0.1, -0.05) is 38.5 Å². The first-order chi connectivity index (χ1) is 9.24. The van der Waals surface area contributed by atoms with E-state index in [1.165, 1.54) is 22.4 Å². The molecule has 0 atom stereocenters. The van der Waals surface area contributed by atoms with Gasteiger partial charge in [-0.25, -0.2) is 0 Å². The molecule has 1 N–H and O–H groups in total. The zero-order valence-corrected chi connectivity index (χ0v) is 12.1. The SMILES string of the molecule is CCCc1nn(C)cc1-c1cccc(CNCC)c1. The van der Waals surface area contributed by atoms with Crippen molar-refractivity contribution < 1.29 is 0 Å². The van der Waals surface area contributed by atoms with Crippen LogP contribution in [0.25, 0.3) is 11.1 Å². The average molecular weight is 257 g/mol. The normalized spacial score (nSPS) is 10.9. The molecule has 2 aromatic rings. The average Bonchev–Trinajstić information content (AvgIpc) is 2.78. The first-order valence-electron chi connectivity index (χ1n) is 7.07. The van der Waals surface area contributed by atoms with Crippen LogP contribution in [0, 0.1) is 0 Å². The molecule has 0 radical (unpaired) electrons. The smallest absolute Gasteiger partial charge is 0.0702 e. The quantitative estimate of drug-likeness (QED) is 0.861. The molecule has 19 heavy (non-hydrogen) atoms. The molecule has 0 bridgehead atoms. The van der Waals surface area contributed by atoms with Crippen molar-refractivity contribution in [2.75, 3.05) is 6.54 Å². The van der Waals surface area contributed by atoms with Crippen LogP contribution in [0.1, 0.15) is 31.5 Å². The molecule has 3 heteroatoms. The minimum atomic E-state index is 0.924. The maximum absolute atomic E-state index is 4.57. The Kier molecular flexibility index (Phi) is 4.74. The fraction of sp³-hybridized carbons (Fsp3) is 0.438. The van der Waals surface area contributed by atoms with E-state index >= 15 is 0 Å². The predicted octanol–water partition coefficient (Wildman–Crippen LogP) is 3.15. The summed E-state index contributed by atoms with van der Waals surface area (Å²) in [6.45, 7) is 6.25. The summed E-state index contributed by atoms with van der Waals surface area (Å²) >= 11 is 0. The molecule has 0 aliphatic carbocycles. The van der Waals surface area contributed by atoms with Crippen LogP contribution in [0.4, 0.5) is 0 Å². The molecule has 0 saturated carbocycles. The molecular weight excluding hydrogens is 234 g/mol. The highest BCUT2D eigenvalue weighted by molar-refractivity contribution is 5.66. The van der Waals surface area contributed by atoms with Gasteiger partial charge >= 0.3 is 0 Å². The summed E-state index contributed by atoms with van der Waals surface area (Å²) in [5.41, 5.74) is 5.06. The Morgan fingerprint density at radius 1 is 1.26 bits per heavy atom. The van der Waals surface area contributed by atoms with Gasteiger partial charge in [-0.3, -0.25) is 4.68 Å². The second-order valence-corrected chi connectivity index (χ2v) is 4.89. The van der Waals surface area contributed by atoms with Crippen molar-refractivity contribution in [3.63, 3.8) is 0 Å². The maximum Gasteiger partial charge on any atom is 0.0702 e. The second-order valence-electron chi connectivity index (χ2n) is 4.89. The lowest BCUT2D eigenvalue weighted by atomic mass is 10.0. The van der Waals surface area contributed by atoms with E-state index in [0.717, 1.165) is 25.9 Å². The van der Waals surface area contributed by atoms with Crippen molar-refractivity contribution in [3.8, 4) is 11.1 Å². The Morgan fingerprint density at radius 2 is 2.11 bits per heavy atom. The first-order valence-corrected chi connectivity index (χ1v) is 7.07. The third-order valence-electron chi connectivity index (χ3n) is 3.21. The van der Waals surface area contributed by atoms with Gasteiger partial charge in [-0.05, 0) is 30.2 Å². The fourth-order valence-corrected chi connectivity index (χ4v) is 2.32. The van der Waals surface area contributed by atoms with Crippen LogP contribution >= 0.6 is 0 Å². The maximum atomic E-state index is 4.57. The van der Waals surface area contributed by atoms with Crippen LogP contribution in [-0.4, -0.2) is 16.3 Å². The Morgan fingerprint density at radius 3 is 2.84 bits per heavy atom. The lowest BCUT2D eigenvalue weighted by Gasteiger charge is -2.06. The number of aryl methyl sites for hydroxylation is 2. The standard InChI is InChI=1S/C16H23N3/c1-4-7-16-15(12-19(3)18-16)14-9-6-8-13(10-14)11-17-5-2/h6,8-10,12,17H,4-5,7,11H2,1-3H3. The number of hydrogen-bond donors (Lipinski definition) is 1. The summed E-state index contributed by atoms with van der Waals surface area (Å²) in [7, 11) is 1.99. The highest BCUT2D eigenvalue weighted by atomic mass is 15.2. The topological polar surface area (TPSA) is 29.9 Å². The Hall–Kier alpha value is -1.61. The molecule has 0 aliphatic rings. The molecule has 1 heterocycles. The zero-order valence-electron chi connectivity index (χ0n) is 12.1. The lowest BCUT2D eigenvalue weighted by molar-refractivity contribution is 0.727. The van der Waals surface area contributed by atoms with Crippen molar-refractivity contribution in [3.05, 3.63) is 41.7 Å². The highest BCUT2D eigenvalue weighted by Gasteiger charge is 2.09. The van der Waals surface area contributed by atoms with Crippen LogP contribution in [0.15, 0.2) is 30.5 Å². The van der Waals surface area contributed by atoms with Gasteiger partial charge in [-0.15, -0.1) is 0 Å². The third-order valence-corrected chi connectivity index (χ3v) is 3.21. The molecule has 1 aromatic heterocycles. The number of rotatable bonds is 6. The lowest BCUT2D eigenvalue weighted by Crippen LogP contribution is -2.11. The fourth-order valence-electron chi connectivity index (χ4n) is 2.32. The number of benzene rings is 1. The second kappa shape index (κ2) is 6.53. The summed E-state index contributed by atoms with van der Waals surface area (Å²) in [4.78, 5) is 0. The number of aromatic nitrogens is 2. The summed E-state index contributed by atoms with van der Waals surface area (Å²) in [5.74, 6) is 0. The van der Waals surface area contributed by atoms with Gasteiger partial charge in [0.25, 0.3) is 0 Å². The van der Waals surface area contributed by atoms with Crippen LogP contribution < -0.4 is 5.32 Å². The molecule has 1 aromatic carbocycles. The minimum absolute atomic E-state index is 0.924. The summed E-state index contributed by atoms with van der Waals surface area (Å²) in [6.07, 6.45) is 4.28. The molecule has 102 valence electrons. The summed E-state index contributed by atoms with van der Waals surface area (Å²) < 4.78 is 1.91. The van der Waals surface area contributed by atoms with Crippen LogP contribution in [0.5, 0.6) is 0 Å². The molecule has 2 rings (SSSR count). The van der Waals surface area contributed by atoms with Crippen LogP contribution in [-0.2, 0) is 20.0 Å². The predicted molar refractivity (Wildman–Crippen MR) is 80.0 cm³/mol.